The topological polar surface area (TPSA) is 89.7 Å². The van der Waals surface area contributed by atoms with E-state index in [1.54, 1.807) is 12.1 Å². The Morgan fingerprint density at radius 1 is 1.61 bits per heavy atom. The summed E-state index contributed by atoms with van der Waals surface area (Å²) in [6, 6.07) is 2.96. The summed E-state index contributed by atoms with van der Waals surface area (Å²) < 4.78 is 4.92. The zero-order valence-corrected chi connectivity index (χ0v) is 9.88. The van der Waals surface area contributed by atoms with Gasteiger partial charge >= 0.3 is 0 Å². The predicted molar refractivity (Wildman–Crippen MR) is 64.8 cm³/mol. The number of nitrogens with zero attached hydrogens (tertiary/aromatic N) is 1. The zero-order valence-electron chi connectivity index (χ0n) is 9.88. The molecule has 0 spiro atoms. The molecular weight excluding hydrogens is 238 g/mol. The van der Waals surface area contributed by atoms with Crippen molar-refractivity contribution in [2.24, 2.45) is 0 Å². The van der Waals surface area contributed by atoms with Crippen molar-refractivity contribution in [2.45, 2.75) is 6.42 Å². The summed E-state index contributed by atoms with van der Waals surface area (Å²) >= 11 is 0. The fourth-order valence-corrected chi connectivity index (χ4v) is 1.52. The van der Waals surface area contributed by atoms with Gasteiger partial charge in [0.05, 0.1) is 12.7 Å². The van der Waals surface area contributed by atoms with Crippen molar-refractivity contribution in [3.63, 3.8) is 0 Å². The highest BCUT2D eigenvalue weighted by atomic mass is 16.6. The Kier molecular flexibility index (Phi) is 4.42. The average Bonchev–Trinajstić information content (AvgIpc) is 2.30. The molecule has 0 aliphatic carbocycles. The molecule has 18 heavy (non-hydrogen) atoms. The lowest BCUT2D eigenvalue weighted by molar-refractivity contribution is -0.465. The number of nitro groups is 1. The standard InChI is InChI=1S/C12H13NO5/c1-3-4-8-5-9(10(14)7-13(16)17)12(15)11(6-8)18-2/h3,5-6,15H,1,4,7H2,2H3. The molecule has 0 unspecified atom stereocenters. The Labute approximate surface area is 104 Å². The zero-order chi connectivity index (χ0) is 13.7. The van der Waals surface area contributed by atoms with Crippen molar-refractivity contribution in [3.05, 3.63) is 46.0 Å². The van der Waals surface area contributed by atoms with Crippen LogP contribution in [0.4, 0.5) is 0 Å². The third-order valence-corrected chi connectivity index (χ3v) is 2.31. The van der Waals surface area contributed by atoms with Gasteiger partial charge in [0.15, 0.2) is 11.5 Å². The smallest absolute Gasteiger partial charge is 0.265 e. The van der Waals surface area contributed by atoms with E-state index in [1.807, 2.05) is 0 Å². The van der Waals surface area contributed by atoms with Crippen LogP contribution in [0.25, 0.3) is 0 Å². The molecule has 6 nitrogen and oxygen atoms in total. The van der Waals surface area contributed by atoms with E-state index in [4.69, 9.17) is 4.74 Å². The number of hydrogen-bond donors (Lipinski definition) is 1. The van der Waals surface area contributed by atoms with Gasteiger partial charge in [-0.3, -0.25) is 14.9 Å². The predicted octanol–water partition coefficient (Wildman–Crippen LogP) is 1.59. The van der Waals surface area contributed by atoms with Crippen LogP contribution >= 0.6 is 0 Å². The summed E-state index contributed by atoms with van der Waals surface area (Å²) in [7, 11) is 1.34. The summed E-state index contributed by atoms with van der Waals surface area (Å²) in [6.45, 7) is 2.69. The lowest BCUT2D eigenvalue weighted by Crippen LogP contribution is -2.14. The number of methoxy groups -OCH3 is 1. The van der Waals surface area contributed by atoms with Crippen molar-refractivity contribution in [2.75, 3.05) is 13.7 Å². The van der Waals surface area contributed by atoms with E-state index in [0.717, 1.165) is 0 Å². The molecule has 1 aromatic carbocycles. The SMILES string of the molecule is C=CCc1cc(OC)c(O)c(C(=O)C[N+](=O)[O-])c1. The van der Waals surface area contributed by atoms with Crippen LogP contribution in [0.3, 0.4) is 0 Å². The van der Waals surface area contributed by atoms with E-state index in [9.17, 15) is 20.0 Å². The van der Waals surface area contributed by atoms with E-state index < -0.39 is 17.3 Å². The maximum Gasteiger partial charge on any atom is 0.265 e. The normalized spacial score (nSPS) is 9.83. The minimum absolute atomic E-state index is 0.108. The molecule has 0 atom stereocenters. The number of allylic oxidation sites excluding steroid dienone is 1. The number of rotatable bonds is 6. The Balaban J connectivity index is 3.23. The number of aromatic hydroxyl groups is 1. The van der Waals surface area contributed by atoms with Gasteiger partial charge in [0, 0.05) is 4.92 Å². The first-order valence-corrected chi connectivity index (χ1v) is 5.15. The first-order valence-electron chi connectivity index (χ1n) is 5.15. The minimum Gasteiger partial charge on any atom is -0.504 e. The number of hydrogen-bond acceptors (Lipinski definition) is 5. The summed E-state index contributed by atoms with van der Waals surface area (Å²) in [6.07, 6.45) is 2.09. The molecule has 1 rings (SSSR count). The summed E-state index contributed by atoms with van der Waals surface area (Å²) in [5.41, 5.74) is 0.578. The molecule has 1 N–H and O–H groups in total. The molecule has 96 valence electrons. The molecule has 0 fully saturated rings. The number of carbonyl (C=O) groups excluding carboxylic acids is 1. The number of ether oxygens (including phenoxy) is 1. The Hall–Kier alpha value is -2.37. The molecule has 1 aromatic rings. The lowest BCUT2D eigenvalue weighted by atomic mass is 10.0. The highest BCUT2D eigenvalue weighted by Gasteiger charge is 2.20. The first-order chi connectivity index (χ1) is 8.49. The van der Waals surface area contributed by atoms with Crippen molar-refractivity contribution in [3.8, 4) is 11.5 Å². The molecule has 0 saturated heterocycles. The van der Waals surface area contributed by atoms with Crippen molar-refractivity contribution >= 4 is 5.78 Å². The van der Waals surface area contributed by atoms with Gasteiger partial charge in [-0.1, -0.05) is 6.08 Å². The van der Waals surface area contributed by atoms with Crippen LogP contribution < -0.4 is 4.74 Å². The van der Waals surface area contributed by atoms with E-state index in [-0.39, 0.29) is 17.1 Å². The van der Waals surface area contributed by atoms with Crippen LogP contribution in [0.2, 0.25) is 0 Å². The van der Waals surface area contributed by atoms with Gasteiger partial charge in [0.25, 0.3) is 6.54 Å². The van der Waals surface area contributed by atoms with E-state index in [1.165, 1.54) is 13.2 Å². The molecule has 0 aliphatic rings. The minimum atomic E-state index is -0.867. The third-order valence-electron chi connectivity index (χ3n) is 2.31. The highest BCUT2D eigenvalue weighted by molar-refractivity contribution is 6.00. The van der Waals surface area contributed by atoms with Gasteiger partial charge in [-0.25, -0.2) is 0 Å². The molecule has 0 bridgehead atoms. The third kappa shape index (κ3) is 3.07. The Morgan fingerprint density at radius 3 is 2.78 bits per heavy atom. The first kappa shape index (κ1) is 13.7. The van der Waals surface area contributed by atoms with E-state index in [2.05, 4.69) is 6.58 Å². The summed E-state index contributed by atoms with van der Waals surface area (Å²) in [4.78, 5) is 21.2. The van der Waals surface area contributed by atoms with Gasteiger partial charge in [-0.2, -0.15) is 0 Å². The molecule has 6 heteroatoms. The summed E-state index contributed by atoms with van der Waals surface area (Å²) in [5.74, 6) is -1.03. The van der Waals surface area contributed by atoms with Crippen LogP contribution in [-0.2, 0) is 6.42 Å². The van der Waals surface area contributed by atoms with Crippen molar-refractivity contribution in [1.29, 1.82) is 0 Å². The molecule has 0 aliphatic heterocycles. The number of phenolic OH excluding ortho intramolecular Hbond substituents is 1. The maximum absolute atomic E-state index is 11.6. The van der Waals surface area contributed by atoms with Gasteiger partial charge < -0.3 is 9.84 Å². The quantitative estimate of drug-likeness (QED) is 0.359. The molecule has 0 aromatic heterocycles. The fraction of sp³-hybridized carbons (Fsp3) is 0.250. The molecular formula is C12H13NO5. The van der Waals surface area contributed by atoms with Crippen molar-refractivity contribution in [1.82, 2.24) is 0 Å². The van der Waals surface area contributed by atoms with Crippen LogP contribution in [-0.4, -0.2) is 29.5 Å². The summed E-state index contributed by atoms with van der Waals surface area (Å²) in [5, 5.41) is 20.1. The second-order valence-electron chi connectivity index (χ2n) is 3.60. The van der Waals surface area contributed by atoms with Crippen LogP contribution in [0.5, 0.6) is 11.5 Å². The largest absolute Gasteiger partial charge is 0.504 e. The lowest BCUT2D eigenvalue weighted by Gasteiger charge is -2.09. The number of carbonyl (C=O) groups is 1. The van der Waals surface area contributed by atoms with Gasteiger partial charge in [0.1, 0.15) is 0 Å². The average molecular weight is 251 g/mol. The second-order valence-corrected chi connectivity index (χ2v) is 3.60. The molecule has 0 amide bonds. The fourth-order valence-electron chi connectivity index (χ4n) is 1.52. The van der Waals surface area contributed by atoms with Gasteiger partial charge in [-0.15, -0.1) is 6.58 Å². The van der Waals surface area contributed by atoms with Crippen molar-refractivity contribution < 1.29 is 19.6 Å². The number of benzene rings is 1. The maximum atomic E-state index is 11.6. The Morgan fingerprint density at radius 2 is 2.28 bits per heavy atom. The Bertz CT molecular complexity index is 495. The molecule has 0 saturated carbocycles. The highest BCUT2D eigenvalue weighted by Crippen LogP contribution is 2.32. The van der Waals surface area contributed by atoms with E-state index >= 15 is 0 Å². The number of phenols is 1. The van der Waals surface area contributed by atoms with E-state index in [0.29, 0.717) is 12.0 Å². The van der Waals surface area contributed by atoms with Crippen LogP contribution in [0.1, 0.15) is 15.9 Å². The molecule has 0 radical (unpaired) electrons. The number of Topliss-reactive ketones (excluding diaryl/α,β-unsaturated/α-hetero) is 1. The second kappa shape index (κ2) is 5.81. The van der Waals surface area contributed by atoms with Gasteiger partial charge in [0.2, 0.25) is 5.78 Å². The monoisotopic (exact) mass is 251 g/mol. The molecule has 0 heterocycles. The van der Waals surface area contributed by atoms with Gasteiger partial charge in [-0.05, 0) is 24.1 Å². The van der Waals surface area contributed by atoms with Crippen LogP contribution in [0.15, 0.2) is 24.8 Å². The number of ketones is 1. The van der Waals surface area contributed by atoms with Crippen LogP contribution in [0, 0.1) is 10.1 Å².